The first-order valence-corrected chi connectivity index (χ1v) is 26.9. The van der Waals surface area contributed by atoms with Crippen molar-refractivity contribution < 1.29 is 42.0 Å². The Hall–Kier alpha value is -9.09. The lowest BCUT2D eigenvalue weighted by molar-refractivity contribution is -0.139. The molecule has 9 aromatic rings. The zero-order valence-corrected chi connectivity index (χ0v) is 45.8. The molecular formula is C55H59Cl2F5N18O3. The largest absolute Gasteiger partial charge is 0.405 e. The summed E-state index contributed by atoms with van der Waals surface area (Å²) in [4.78, 5) is 88.3. The highest BCUT2D eigenvalue weighted by Gasteiger charge is 2.51. The predicted octanol–water partition coefficient (Wildman–Crippen LogP) is 9.46. The third-order valence-electron chi connectivity index (χ3n) is 13.7. The topological polar surface area (TPSA) is 269 Å². The maximum absolute atomic E-state index is 14.6. The van der Waals surface area contributed by atoms with Crippen LogP contribution in [0.25, 0.3) is 67.3 Å². The summed E-state index contributed by atoms with van der Waals surface area (Å²) in [5.74, 6) is 1.62. The molecule has 3 amide bonds. The number of alkyl halides is 3. The number of anilines is 3. The first-order chi connectivity index (χ1) is 39.9. The molecule has 7 N–H and O–H groups in total. The van der Waals surface area contributed by atoms with Gasteiger partial charge in [-0.3, -0.25) is 14.4 Å². The molecule has 1 saturated carbocycles. The third-order valence-corrected chi connectivity index (χ3v) is 14.2. The number of H-pyrrole nitrogens is 3. The van der Waals surface area contributed by atoms with Gasteiger partial charge in [0.1, 0.15) is 46.9 Å². The molecule has 0 aromatic carbocycles. The fourth-order valence-corrected chi connectivity index (χ4v) is 10.0. The average molecular weight is 1190 g/mol. The smallest absolute Gasteiger partial charge is 0.353 e. The molecule has 0 bridgehead atoms. The van der Waals surface area contributed by atoms with Gasteiger partial charge in [0, 0.05) is 101 Å². The molecule has 3 aliphatic rings. The lowest BCUT2D eigenvalue weighted by Gasteiger charge is -2.25. The van der Waals surface area contributed by atoms with Crippen molar-refractivity contribution in [3.05, 3.63) is 108 Å². The molecule has 0 spiro atoms. The van der Waals surface area contributed by atoms with Gasteiger partial charge in [0.15, 0.2) is 40.7 Å². The molecule has 83 heavy (non-hydrogen) atoms. The average Bonchev–Trinajstić information content (AvgIpc) is 1.93. The minimum atomic E-state index is -4.53. The van der Waals surface area contributed by atoms with E-state index in [0.717, 1.165) is 71.4 Å². The summed E-state index contributed by atoms with van der Waals surface area (Å²) < 4.78 is 65.7. The molecule has 21 nitrogen and oxygen atoms in total. The lowest BCUT2D eigenvalue weighted by Crippen LogP contribution is -2.45. The van der Waals surface area contributed by atoms with E-state index in [2.05, 4.69) is 81.6 Å². The molecule has 2 atom stereocenters. The second kappa shape index (κ2) is 24.2. The van der Waals surface area contributed by atoms with Gasteiger partial charge in [-0.25, -0.2) is 53.6 Å². The van der Waals surface area contributed by atoms with E-state index in [-0.39, 0.29) is 66.5 Å². The Kier molecular flexibility index (Phi) is 16.6. The standard InChI is InChI=1S/C19H16ClFN6O.C19H21ClN6O.C17H14F4N6O.4H2/c1-2-5-22-19(28)15-4-3-6-27(15)18-14(21)10-25-17(26-18)13-9-24-16-12(13)7-11(20)8-23-16;1-11(2)24-19(27)15-4-3-7-26(15)16-5-6-21-18(25-16)14-10-23-17-13(14)8-12(20)9-22-17;18-11-7-24-13(10-6-23-12-9(10)2-1-5-22-12)26-14(11)27-16(3-4-16)15(28)25-8-17(19,20)21;;;;/h1,7-10,15H,3-6H2,(H,22,28)(H,23,24);5-6,8-11,15H,3-4,7H2,1-2H3,(H,22,23)(H,24,27);1-2,5-7H,3-4,8H2,(H,22,23)(H,25,28)(H,24,26,27);4*1H/t2*15-;;;;;/m11...../s1. The fourth-order valence-electron chi connectivity index (χ4n) is 9.73. The number of nitrogens with zero attached hydrogens (tertiary/aromatic N) is 11. The number of carbonyl (C=O) groups is 3. The van der Waals surface area contributed by atoms with E-state index in [0.29, 0.717) is 57.1 Å². The Labute approximate surface area is 485 Å². The van der Waals surface area contributed by atoms with Crippen molar-refractivity contribution in [1.29, 1.82) is 0 Å². The van der Waals surface area contributed by atoms with Crippen molar-refractivity contribution in [1.82, 2.24) is 75.8 Å². The maximum Gasteiger partial charge on any atom is 0.405 e. The number of carbonyl (C=O) groups excluding carboxylic acids is 3. The molecule has 0 unspecified atom stereocenters. The van der Waals surface area contributed by atoms with E-state index >= 15 is 0 Å². The Morgan fingerprint density at radius 2 is 1.31 bits per heavy atom. The highest BCUT2D eigenvalue weighted by molar-refractivity contribution is 6.31. The Morgan fingerprint density at radius 1 is 0.735 bits per heavy atom. The number of halogens is 7. The Bertz CT molecular complexity index is 3940. The number of terminal acetylenes is 1. The quantitative estimate of drug-likeness (QED) is 0.0418. The van der Waals surface area contributed by atoms with Crippen LogP contribution in [0.1, 0.15) is 58.1 Å². The highest BCUT2D eigenvalue weighted by Crippen LogP contribution is 2.40. The van der Waals surface area contributed by atoms with E-state index in [4.69, 9.17) is 34.6 Å². The number of hydrogen-bond acceptors (Lipinski definition) is 15. The van der Waals surface area contributed by atoms with Crippen LogP contribution >= 0.6 is 23.2 Å². The maximum atomic E-state index is 14.6. The van der Waals surface area contributed by atoms with Crippen molar-refractivity contribution in [3.8, 4) is 46.5 Å². The zero-order valence-electron chi connectivity index (χ0n) is 44.3. The number of fused-ring (bicyclic) bond motifs is 3. The monoisotopic (exact) mass is 1180 g/mol. The van der Waals surface area contributed by atoms with Crippen LogP contribution in [0.15, 0.2) is 86.1 Å². The minimum Gasteiger partial charge on any atom is -0.353 e. The van der Waals surface area contributed by atoms with Gasteiger partial charge in [0.05, 0.1) is 29.0 Å². The SMILES string of the molecule is C#CCNC(=O)[C@H]1CCCN1c1nc(-c2c[nH]c3ncc(Cl)cc23)ncc1F.CC(C)NC(=O)[C@H]1CCCN1c1ccnc(-c2c[nH]c3ncc(Cl)cc23)n1.O=C(NCC(F)(F)F)C1(Nc2nc(-c3c[nH]c4ncccc34)ncc2F)CC1.[HH].[HH].[HH].[HH]. The van der Waals surface area contributed by atoms with E-state index in [1.807, 2.05) is 37.5 Å². The van der Waals surface area contributed by atoms with Crippen LogP contribution < -0.4 is 31.1 Å². The summed E-state index contributed by atoms with van der Waals surface area (Å²) in [6.45, 7) is 3.93. The van der Waals surface area contributed by atoms with Crippen LogP contribution in [-0.2, 0) is 14.4 Å². The zero-order chi connectivity index (χ0) is 58.6. The van der Waals surface area contributed by atoms with Crippen molar-refractivity contribution in [2.24, 2.45) is 0 Å². The molecule has 3 fully saturated rings. The summed E-state index contributed by atoms with van der Waals surface area (Å²) in [6, 6.07) is 8.36. The van der Waals surface area contributed by atoms with E-state index < -0.39 is 41.8 Å². The van der Waals surface area contributed by atoms with Crippen LogP contribution in [0.5, 0.6) is 0 Å². The number of hydrogen-bond donors (Lipinski definition) is 7. The Balaban J connectivity index is 0.000000204. The highest BCUT2D eigenvalue weighted by atomic mass is 35.5. The molecular weight excluding hydrogens is 1130 g/mol. The summed E-state index contributed by atoms with van der Waals surface area (Å²) >= 11 is 12.1. The molecule has 0 radical (unpaired) electrons. The van der Waals surface area contributed by atoms with Crippen LogP contribution in [0.2, 0.25) is 10.0 Å². The van der Waals surface area contributed by atoms with E-state index in [1.165, 1.54) is 6.20 Å². The van der Waals surface area contributed by atoms with Gasteiger partial charge in [0.2, 0.25) is 17.7 Å². The normalized spacial score (nSPS) is 16.3. The minimum absolute atomic E-state index is 0. The number of pyridine rings is 3. The van der Waals surface area contributed by atoms with Crippen molar-refractivity contribution in [2.75, 3.05) is 41.3 Å². The number of rotatable bonds is 13. The molecule has 28 heteroatoms. The van der Waals surface area contributed by atoms with Crippen LogP contribution in [-0.4, -0.2) is 134 Å². The van der Waals surface area contributed by atoms with Crippen molar-refractivity contribution in [3.63, 3.8) is 0 Å². The van der Waals surface area contributed by atoms with E-state index in [1.54, 1.807) is 54.1 Å². The third kappa shape index (κ3) is 12.8. The van der Waals surface area contributed by atoms with Crippen molar-refractivity contribution in [2.45, 2.75) is 82.2 Å². The molecule has 436 valence electrons. The molecule has 2 saturated heterocycles. The number of aromatic nitrogens is 12. The van der Waals surface area contributed by atoms with Gasteiger partial charge < -0.3 is 46.0 Å². The first-order valence-electron chi connectivity index (χ1n) is 26.1. The van der Waals surface area contributed by atoms with Gasteiger partial charge >= 0.3 is 6.18 Å². The van der Waals surface area contributed by atoms with Gasteiger partial charge in [-0.2, -0.15) is 13.2 Å². The first kappa shape index (κ1) is 57.2. The second-order valence-corrected chi connectivity index (χ2v) is 20.8. The molecule has 12 rings (SSSR count). The molecule has 2 aliphatic heterocycles. The summed E-state index contributed by atoms with van der Waals surface area (Å²) in [5, 5.41) is 13.5. The van der Waals surface area contributed by atoms with Gasteiger partial charge in [0.25, 0.3) is 0 Å². The van der Waals surface area contributed by atoms with Gasteiger partial charge in [-0.15, -0.1) is 6.42 Å². The second-order valence-electron chi connectivity index (χ2n) is 19.9. The summed E-state index contributed by atoms with van der Waals surface area (Å²) in [6.07, 6.45) is 18.0. The summed E-state index contributed by atoms with van der Waals surface area (Å²) in [5.41, 5.74) is 2.73. The fraction of sp³-hybridized carbons (Fsp3) is 0.309. The molecule has 1 aliphatic carbocycles. The molecule has 9 aromatic heterocycles. The van der Waals surface area contributed by atoms with Gasteiger partial charge in [-0.05, 0) is 82.7 Å². The van der Waals surface area contributed by atoms with Gasteiger partial charge in [-0.1, -0.05) is 29.1 Å². The number of aromatic amines is 3. The number of nitrogens with one attached hydrogen (secondary N) is 7. The predicted molar refractivity (Wildman–Crippen MR) is 310 cm³/mol. The molecule has 11 heterocycles. The van der Waals surface area contributed by atoms with Crippen LogP contribution in [0, 0.1) is 24.0 Å². The van der Waals surface area contributed by atoms with Crippen LogP contribution in [0.4, 0.5) is 39.4 Å². The lowest BCUT2D eigenvalue weighted by atomic mass is 10.2. The summed E-state index contributed by atoms with van der Waals surface area (Å²) in [7, 11) is 0. The van der Waals surface area contributed by atoms with Crippen LogP contribution in [0.3, 0.4) is 0 Å². The van der Waals surface area contributed by atoms with E-state index in [9.17, 15) is 36.3 Å². The number of amides is 3. The Morgan fingerprint density at radius 3 is 1.93 bits per heavy atom. The van der Waals surface area contributed by atoms with Crippen molar-refractivity contribution >= 4 is 91.5 Å².